The molecule has 7 heteroatoms. The van der Waals surface area contributed by atoms with E-state index in [9.17, 15) is 18.0 Å². The average Bonchev–Trinajstić information content (AvgIpc) is 3.16. The Labute approximate surface area is 141 Å². The normalized spacial score (nSPS) is 15.7. The van der Waals surface area contributed by atoms with Gasteiger partial charge in [0.2, 0.25) is 0 Å². The molecule has 1 N–H and O–H groups in total. The summed E-state index contributed by atoms with van der Waals surface area (Å²) in [6, 6.07) is 7.35. The highest BCUT2D eigenvalue weighted by atomic mass is 32.1. The van der Waals surface area contributed by atoms with Crippen LogP contribution in [0, 0.1) is 6.92 Å². The van der Waals surface area contributed by atoms with Crippen molar-refractivity contribution < 1.29 is 18.0 Å². The minimum Gasteiger partial charge on any atom is -0.321 e. The van der Waals surface area contributed by atoms with Gasteiger partial charge in [-0.05, 0) is 37.3 Å². The Hall–Kier alpha value is -1.89. The summed E-state index contributed by atoms with van der Waals surface area (Å²) in [6.07, 6.45) is -0.276. The lowest BCUT2D eigenvalue weighted by molar-refractivity contribution is -0.141. The highest BCUT2D eigenvalue weighted by molar-refractivity contribution is 7.13. The number of carbonyl (C=O) groups is 1. The van der Waals surface area contributed by atoms with Gasteiger partial charge in [0, 0.05) is 5.69 Å². The van der Waals surface area contributed by atoms with Crippen molar-refractivity contribution in [1.29, 1.82) is 0 Å². The molecule has 128 valence electrons. The fourth-order valence-electron chi connectivity index (χ4n) is 3.16. The molecule has 1 fully saturated rings. The molecular formula is C17H17F3N2OS. The van der Waals surface area contributed by atoms with Gasteiger partial charge in [0.05, 0.1) is 5.01 Å². The highest BCUT2D eigenvalue weighted by Crippen LogP contribution is 2.38. The molecule has 0 radical (unpaired) electrons. The summed E-state index contributed by atoms with van der Waals surface area (Å²) in [6.45, 7) is 1.46. The third-order valence-electron chi connectivity index (χ3n) is 4.21. The quantitative estimate of drug-likeness (QED) is 0.804. The number of anilines is 1. The lowest BCUT2D eigenvalue weighted by Gasteiger charge is -2.16. The van der Waals surface area contributed by atoms with Crippen molar-refractivity contribution in [1.82, 2.24) is 4.98 Å². The van der Waals surface area contributed by atoms with Gasteiger partial charge in [-0.2, -0.15) is 13.2 Å². The first-order chi connectivity index (χ1) is 11.4. The van der Waals surface area contributed by atoms with E-state index in [-0.39, 0.29) is 9.88 Å². The Morgan fingerprint density at radius 2 is 1.92 bits per heavy atom. The molecule has 0 bridgehead atoms. The second kappa shape index (κ2) is 6.55. The molecule has 1 heterocycles. The van der Waals surface area contributed by atoms with Crippen molar-refractivity contribution in [3.8, 4) is 0 Å². The van der Waals surface area contributed by atoms with E-state index in [2.05, 4.69) is 10.3 Å². The molecule has 1 saturated carbocycles. The van der Waals surface area contributed by atoms with Crippen LogP contribution >= 0.6 is 11.3 Å². The molecule has 1 aromatic carbocycles. The van der Waals surface area contributed by atoms with Crippen LogP contribution in [0.1, 0.15) is 57.5 Å². The largest absolute Gasteiger partial charge is 0.435 e. The van der Waals surface area contributed by atoms with E-state index in [0.717, 1.165) is 42.6 Å². The van der Waals surface area contributed by atoms with Crippen LogP contribution < -0.4 is 5.32 Å². The number of hydrogen-bond donors (Lipinski definition) is 1. The topological polar surface area (TPSA) is 42.0 Å². The number of para-hydroxylation sites is 1. The number of amides is 1. The lowest BCUT2D eigenvalue weighted by atomic mass is 9.96. The fourth-order valence-corrected chi connectivity index (χ4v) is 3.99. The zero-order valence-corrected chi connectivity index (χ0v) is 13.9. The summed E-state index contributed by atoms with van der Waals surface area (Å²) in [5.74, 6) is -0.398. The Bertz CT molecular complexity index is 749. The van der Waals surface area contributed by atoms with Crippen molar-refractivity contribution in [3.63, 3.8) is 0 Å². The third kappa shape index (κ3) is 3.45. The number of hydrogen-bond acceptors (Lipinski definition) is 3. The summed E-state index contributed by atoms with van der Waals surface area (Å²) in [5.41, 5.74) is 0.479. The van der Waals surface area contributed by atoms with Crippen LogP contribution in [0.5, 0.6) is 0 Å². The van der Waals surface area contributed by atoms with Crippen molar-refractivity contribution in [2.24, 2.45) is 0 Å². The first-order valence-corrected chi connectivity index (χ1v) is 8.63. The lowest BCUT2D eigenvalue weighted by Crippen LogP contribution is -2.18. The van der Waals surface area contributed by atoms with Gasteiger partial charge in [0.1, 0.15) is 4.88 Å². The number of aromatic nitrogens is 1. The van der Waals surface area contributed by atoms with E-state index in [1.165, 1.54) is 6.92 Å². The molecule has 0 saturated heterocycles. The first-order valence-electron chi connectivity index (χ1n) is 7.81. The van der Waals surface area contributed by atoms with Crippen molar-refractivity contribution in [3.05, 3.63) is 45.4 Å². The molecule has 1 aliphatic rings. The molecule has 24 heavy (non-hydrogen) atoms. The van der Waals surface area contributed by atoms with Gasteiger partial charge in [-0.15, -0.1) is 11.3 Å². The van der Waals surface area contributed by atoms with Crippen LogP contribution in [0.15, 0.2) is 24.3 Å². The number of halogens is 3. The third-order valence-corrected chi connectivity index (χ3v) is 5.18. The molecule has 0 atom stereocenters. The SMILES string of the molecule is Cc1nc(C(F)(F)F)c(C(=O)Nc2ccccc2C2CCCC2)s1. The molecular weight excluding hydrogens is 337 g/mol. The van der Waals surface area contributed by atoms with Gasteiger partial charge in [-0.1, -0.05) is 31.0 Å². The number of aryl methyl sites for hydroxylation is 1. The maximum Gasteiger partial charge on any atom is 0.435 e. The molecule has 3 rings (SSSR count). The monoisotopic (exact) mass is 354 g/mol. The molecule has 1 aliphatic carbocycles. The maximum atomic E-state index is 13.0. The predicted molar refractivity (Wildman–Crippen MR) is 87.5 cm³/mol. The van der Waals surface area contributed by atoms with Gasteiger partial charge in [0.25, 0.3) is 5.91 Å². The number of rotatable bonds is 3. The molecule has 0 unspecified atom stereocenters. The highest BCUT2D eigenvalue weighted by Gasteiger charge is 2.39. The molecule has 0 aliphatic heterocycles. The summed E-state index contributed by atoms with van der Waals surface area (Å²) in [7, 11) is 0. The zero-order chi connectivity index (χ0) is 17.3. The molecule has 0 spiro atoms. The predicted octanol–water partition coefficient (Wildman–Crippen LogP) is 5.38. The first kappa shape index (κ1) is 17.0. The van der Waals surface area contributed by atoms with Crippen molar-refractivity contribution >= 4 is 22.9 Å². The van der Waals surface area contributed by atoms with Gasteiger partial charge in [-0.25, -0.2) is 4.98 Å². The number of nitrogens with zero attached hydrogens (tertiary/aromatic N) is 1. The second-order valence-corrected chi connectivity index (χ2v) is 7.13. The zero-order valence-electron chi connectivity index (χ0n) is 13.1. The molecule has 1 aromatic heterocycles. The van der Waals surface area contributed by atoms with E-state index in [4.69, 9.17) is 0 Å². The van der Waals surface area contributed by atoms with Gasteiger partial charge in [-0.3, -0.25) is 4.79 Å². The summed E-state index contributed by atoms with van der Waals surface area (Å²) in [5, 5.41) is 2.88. The Morgan fingerprint density at radius 3 is 2.58 bits per heavy atom. The molecule has 2 aromatic rings. The summed E-state index contributed by atoms with van der Waals surface area (Å²) < 4.78 is 39.1. The Morgan fingerprint density at radius 1 is 1.25 bits per heavy atom. The number of alkyl halides is 3. The number of thiazole rings is 1. The van der Waals surface area contributed by atoms with E-state index in [1.807, 2.05) is 12.1 Å². The summed E-state index contributed by atoms with van der Waals surface area (Å²) >= 11 is 0.764. The minimum atomic E-state index is -4.64. The van der Waals surface area contributed by atoms with Crippen LogP contribution in [-0.4, -0.2) is 10.9 Å². The second-order valence-electron chi connectivity index (χ2n) is 5.93. The van der Waals surface area contributed by atoms with Gasteiger partial charge >= 0.3 is 6.18 Å². The van der Waals surface area contributed by atoms with Gasteiger partial charge < -0.3 is 5.32 Å². The van der Waals surface area contributed by atoms with E-state index < -0.39 is 17.8 Å². The van der Waals surface area contributed by atoms with E-state index >= 15 is 0 Å². The van der Waals surface area contributed by atoms with Crippen molar-refractivity contribution in [2.75, 3.05) is 5.32 Å². The maximum absolute atomic E-state index is 13.0. The molecule has 3 nitrogen and oxygen atoms in total. The van der Waals surface area contributed by atoms with Crippen LogP contribution in [-0.2, 0) is 6.18 Å². The minimum absolute atomic E-state index is 0.219. The number of benzene rings is 1. The van der Waals surface area contributed by atoms with Crippen LogP contribution in [0.2, 0.25) is 0 Å². The Balaban J connectivity index is 1.89. The van der Waals surface area contributed by atoms with Crippen LogP contribution in [0.4, 0.5) is 18.9 Å². The van der Waals surface area contributed by atoms with Gasteiger partial charge in [0.15, 0.2) is 5.69 Å². The Kier molecular flexibility index (Phi) is 4.62. The fraction of sp³-hybridized carbons (Fsp3) is 0.412. The average molecular weight is 354 g/mol. The smallest absolute Gasteiger partial charge is 0.321 e. The number of carbonyl (C=O) groups excluding carboxylic acids is 1. The van der Waals surface area contributed by atoms with Crippen LogP contribution in [0.3, 0.4) is 0 Å². The van der Waals surface area contributed by atoms with E-state index in [1.54, 1.807) is 12.1 Å². The summed E-state index contributed by atoms with van der Waals surface area (Å²) in [4.78, 5) is 15.5. The van der Waals surface area contributed by atoms with Crippen molar-refractivity contribution in [2.45, 2.75) is 44.7 Å². The molecule has 1 amide bonds. The standard InChI is InChI=1S/C17H17F3N2OS/c1-10-21-15(17(18,19)20)14(24-10)16(23)22-13-9-5-4-8-12(13)11-6-2-3-7-11/h4-5,8-9,11H,2-3,6-7H2,1H3,(H,22,23). The number of nitrogens with one attached hydrogen (secondary N) is 1. The van der Waals surface area contributed by atoms with Crippen LogP contribution in [0.25, 0.3) is 0 Å². The van der Waals surface area contributed by atoms with E-state index in [0.29, 0.717) is 11.6 Å².